The molecule has 1 aromatic heterocycles. The van der Waals surface area contributed by atoms with E-state index in [0.717, 1.165) is 24.3 Å². The predicted molar refractivity (Wildman–Crippen MR) is 81.5 cm³/mol. The molecule has 0 aliphatic rings. The molecular weight excluding hydrogens is 278 g/mol. The molecule has 0 aliphatic heterocycles. The van der Waals surface area contributed by atoms with Crippen LogP contribution in [0.25, 0.3) is 0 Å². The number of nitrogens with one attached hydrogen (secondary N) is 2. The van der Waals surface area contributed by atoms with Crippen LogP contribution >= 0.6 is 0 Å². The molecule has 0 spiro atoms. The molecule has 0 amide bonds. The summed E-state index contributed by atoms with van der Waals surface area (Å²) in [6, 6.07) is 0. The quantitative estimate of drug-likeness (QED) is 0.737. The minimum Gasteiger partial charge on any atom is -0.370 e. The van der Waals surface area contributed by atoms with Gasteiger partial charge in [0.05, 0.1) is 5.75 Å². The second-order valence-electron chi connectivity index (χ2n) is 4.46. The third-order valence-corrected chi connectivity index (χ3v) is 4.68. The minimum absolute atomic E-state index is 0.0314. The van der Waals surface area contributed by atoms with Gasteiger partial charge in [0.1, 0.15) is 18.0 Å². The van der Waals surface area contributed by atoms with Crippen molar-refractivity contribution in [2.75, 3.05) is 43.6 Å². The van der Waals surface area contributed by atoms with E-state index >= 15 is 0 Å². The summed E-state index contributed by atoms with van der Waals surface area (Å²) in [6.07, 6.45) is 2.24. The maximum atomic E-state index is 11.7. The zero-order valence-electron chi connectivity index (χ0n) is 12.5. The molecule has 20 heavy (non-hydrogen) atoms. The van der Waals surface area contributed by atoms with Gasteiger partial charge in [0, 0.05) is 32.7 Å². The van der Waals surface area contributed by atoms with E-state index in [1.54, 1.807) is 0 Å². The molecule has 0 saturated carbocycles. The fourth-order valence-electron chi connectivity index (χ4n) is 1.70. The number of sulfonamides is 1. The molecule has 1 rings (SSSR count). The molecule has 114 valence electrons. The van der Waals surface area contributed by atoms with E-state index in [2.05, 4.69) is 20.6 Å². The van der Waals surface area contributed by atoms with E-state index in [1.165, 1.54) is 24.7 Å². The highest BCUT2D eigenvalue weighted by Gasteiger charge is 2.14. The number of hydrogen-bond acceptors (Lipinski definition) is 6. The Balaban J connectivity index is 2.76. The Hall–Kier alpha value is -1.41. The third-order valence-electron chi connectivity index (χ3n) is 2.85. The van der Waals surface area contributed by atoms with Crippen molar-refractivity contribution in [2.24, 2.45) is 0 Å². The van der Waals surface area contributed by atoms with Crippen LogP contribution in [-0.2, 0) is 16.4 Å². The Morgan fingerprint density at radius 1 is 1.15 bits per heavy atom. The molecule has 8 heteroatoms. The van der Waals surface area contributed by atoms with Gasteiger partial charge < -0.3 is 10.6 Å². The molecule has 1 heterocycles. The van der Waals surface area contributed by atoms with Crippen molar-refractivity contribution in [1.29, 1.82) is 0 Å². The van der Waals surface area contributed by atoms with Gasteiger partial charge in [0.25, 0.3) is 0 Å². The average molecular weight is 301 g/mol. The number of anilines is 2. The predicted octanol–water partition coefficient (Wildman–Crippen LogP) is 0.774. The average Bonchev–Trinajstić information content (AvgIpc) is 2.39. The molecule has 2 N–H and O–H groups in total. The van der Waals surface area contributed by atoms with Gasteiger partial charge in [0.2, 0.25) is 10.0 Å². The summed E-state index contributed by atoms with van der Waals surface area (Å²) in [5.41, 5.74) is 0.969. The summed E-state index contributed by atoms with van der Waals surface area (Å²) in [6.45, 7) is 5.11. The maximum Gasteiger partial charge on any atom is 0.215 e. The van der Waals surface area contributed by atoms with E-state index < -0.39 is 10.0 Å². The molecule has 1 aromatic rings. The van der Waals surface area contributed by atoms with Gasteiger partial charge in [-0.05, 0) is 13.3 Å². The molecule has 0 atom stereocenters. The first-order valence-corrected chi connectivity index (χ1v) is 8.25. The molecule has 0 aromatic carbocycles. The van der Waals surface area contributed by atoms with Crippen molar-refractivity contribution in [3.63, 3.8) is 0 Å². The first-order valence-electron chi connectivity index (χ1n) is 6.64. The van der Waals surface area contributed by atoms with Gasteiger partial charge in [-0.15, -0.1) is 0 Å². The Bertz CT molecular complexity index is 531. The second-order valence-corrected chi connectivity index (χ2v) is 6.76. The van der Waals surface area contributed by atoms with Gasteiger partial charge in [-0.2, -0.15) is 0 Å². The van der Waals surface area contributed by atoms with Crippen molar-refractivity contribution < 1.29 is 8.42 Å². The van der Waals surface area contributed by atoms with Crippen LogP contribution in [0.2, 0.25) is 0 Å². The Morgan fingerprint density at radius 2 is 1.75 bits per heavy atom. The third kappa shape index (κ3) is 4.31. The van der Waals surface area contributed by atoms with E-state index in [0.29, 0.717) is 12.4 Å². The second kappa shape index (κ2) is 7.39. The number of aromatic nitrogens is 2. The van der Waals surface area contributed by atoms with Crippen LogP contribution in [0.1, 0.15) is 19.4 Å². The molecule has 0 radical (unpaired) electrons. The molecule has 0 fully saturated rings. The van der Waals surface area contributed by atoms with Gasteiger partial charge in [0.15, 0.2) is 0 Å². The molecule has 0 unspecified atom stereocenters. The van der Waals surface area contributed by atoms with Crippen LogP contribution in [0, 0.1) is 0 Å². The molecule has 0 bridgehead atoms. The number of hydrogen-bond donors (Lipinski definition) is 2. The van der Waals surface area contributed by atoms with Crippen molar-refractivity contribution in [1.82, 2.24) is 14.3 Å². The van der Waals surface area contributed by atoms with Crippen LogP contribution < -0.4 is 10.6 Å². The Kier molecular flexibility index (Phi) is 6.15. The van der Waals surface area contributed by atoms with Crippen molar-refractivity contribution in [2.45, 2.75) is 20.3 Å². The van der Waals surface area contributed by atoms with E-state index in [9.17, 15) is 8.42 Å². The van der Waals surface area contributed by atoms with Crippen molar-refractivity contribution >= 4 is 21.7 Å². The van der Waals surface area contributed by atoms with E-state index in [4.69, 9.17) is 0 Å². The van der Waals surface area contributed by atoms with Crippen LogP contribution in [0.5, 0.6) is 0 Å². The smallest absolute Gasteiger partial charge is 0.215 e. The molecular formula is C12H23N5O2S. The highest BCUT2D eigenvalue weighted by Crippen LogP contribution is 2.20. The van der Waals surface area contributed by atoms with Crippen LogP contribution in [0.15, 0.2) is 6.33 Å². The first kappa shape index (κ1) is 16.6. The Morgan fingerprint density at radius 3 is 2.25 bits per heavy atom. The summed E-state index contributed by atoms with van der Waals surface area (Å²) >= 11 is 0. The van der Waals surface area contributed by atoms with E-state index in [1.807, 2.05) is 13.8 Å². The standard InChI is InChI=1S/C12H23N5O2S/c1-5-10-11(13-6-2)15-9-16-12(10)14-7-8-20(18,19)17(3)4/h9H,5-8H2,1-4H3,(H2,13,14,15,16). The lowest BCUT2D eigenvalue weighted by atomic mass is 10.2. The number of rotatable bonds is 8. The lowest BCUT2D eigenvalue weighted by molar-refractivity contribution is 0.521. The van der Waals surface area contributed by atoms with Crippen LogP contribution in [0.3, 0.4) is 0 Å². The summed E-state index contributed by atoms with van der Waals surface area (Å²) in [4.78, 5) is 8.38. The van der Waals surface area contributed by atoms with Crippen LogP contribution in [0.4, 0.5) is 11.6 Å². The van der Waals surface area contributed by atoms with E-state index in [-0.39, 0.29) is 5.75 Å². The SMILES string of the molecule is CCNc1ncnc(NCCS(=O)(=O)N(C)C)c1CC. The first-order chi connectivity index (χ1) is 9.42. The fourth-order valence-corrected chi connectivity index (χ4v) is 2.43. The lowest BCUT2D eigenvalue weighted by Crippen LogP contribution is -2.28. The normalized spacial score (nSPS) is 11.7. The van der Waals surface area contributed by atoms with Crippen LogP contribution in [-0.4, -0.2) is 55.6 Å². The Labute approximate surface area is 120 Å². The van der Waals surface area contributed by atoms with Gasteiger partial charge in [-0.1, -0.05) is 6.92 Å². The van der Waals surface area contributed by atoms with Gasteiger partial charge in [-0.3, -0.25) is 0 Å². The zero-order valence-corrected chi connectivity index (χ0v) is 13.3. The summed E-state index contributed by atoms with van der Waals surface area (Å²) in [5, 5.41) is 6.25. The highest BCUT2D eigenvalue weighted by atomic mass is 32.2. The van der Waals surface area contributed by atoms with Crippen molar-refractivity contribution in [3.05, 3.63) is 11.9 Å². The zero-order chi connectivity index (χ0) is 15.2. The summed E-state index contributed by atoms with van der Waals surface area (Å²) < 4.78 is 24.6. The van der Waals surface area contributed by atoms with Gasteiger partial charge >= 0.3 is 0 Å². The molecule has 0 aliphatic carbocycles. The maximum absolute atomic E-state index is 11.7. The summed E-state index contributed by atoms with van der Waals surface area (Å²) in [7, 11) is -0.139. The van der Waals surface area contributed by atoms with Gasteiger partial charge in [-0.25, -0.2) is 22.7 Å². The lowest BCUT2D eigenvalue weighted by Gasteiger charge is -2.15. The monoisotopic (exact) mass is 301 g/mol. The fraction of sp³-hybridized carbons (Fsp3) is 0.667. The largest absolute Gasteiger partial charge is 0.370 e. The topological polar surface area (TPSA) is 87.2 Å². The highest BCUT2D eigenvalue weighted by molar-refractivity contribution is 7.89. The molecule has 7 nitrogen and oxygen atoms in total. The van der Waals surface area contributed by atoms with Crippen molar-refractivity contribution in [3.8, 4) is 0 Å². The number of nitrogens with zero attached hydrogens (tertiary/aromatic N) is 3. The molecule has 0 saturated heterocycles. The minimum atomic E-state index is -3.20. The summed E-state index contributed by atoms with van der Waals surface area (Å²) in [5.74, 6) is 1.51.